The van der Waals surface area contributed by atoms with Crippen LogP contribution < -0.4 is 0 Å². The highest BCUT2D eigenvalue weighted by molar-refractivity contribution is 6.31. The molecule has 11 aromatic carbocycles. The largest absolute Gasteiger partial charge is 0.0616 e. The molecule has 0 nitrogen and oxygen atoms in total. The maximum absolute atomic E-state index is 2.60. The molecule has 0 N–H and O–H groups in total. The summed E-state index contributed by atoms with van der Waals surface area (Å²) in [6.45, 7) is 35.2. The first-order chi connectivity index (χ1) is 34.8. The molecule has 0 unspecified atom stereocenters. The van der Waals surface area contributed by atoms with Gasteiger partial charge in [0.1, 0.15) is 0 Å². The third-order valence-corrected chi connectivity index (χ3v) is 17.2. The molecule has 13 rings (SSSR count). The van der Waals surface area contributed by atoms with E-state index in [0.717, 1.165) is 0 Å². The van der Waals surface area contributed by atoms with Crippen LogP contribution in [-0.2, 0) is 27.1 Å². The van der Waals surface area contributed by atoms with Crippen LogP contribution in [0.1, 0.15) is 132 Å². The number of fused-ring (bicyclic) bond motifs is 13. The number of benzene rings is 11. The highest BCUT2D eigenvalue weighted by atomic mass is 14.4. The van der Waals surface area contributed by atoms with Gasteiger partial charge >= 0.3 is 0 Å². The standard InChI is InChI=1S/C74H70/c1-70(2,3)45-24-20-41(21-25-45)53-37-54-51(55-38-59-58(39-57(53)55)60-32-43-18-16-17-19-50(43)61-34-49(74(13,14)15)35-62(59)68(60)61)28-29-52-56(54)40-64-63-33-47(72(7,8)9)30-44-31-48(73(10,11)12)36-65(66(44)63)69(64)67(52)42-22-26-46(27-23-42)71(4,5)6/h16-40H,1-15H3. The van der Waals surface area contributed by atoms with E-state index in [4.69, 9.17) is 0 Å². The molecule has 0 aliphatic heterocycles. The Kier molecular flexibility index (Phi) is 9.66. The second-order valence-corrected chi connectivity index (χ2v) is 27.4. The van der Waals surface area contributed by atoms with E-state index in [1.807, 2.05) is 0 Å². The lowest BCUT2D eigenvalue weighted by Gasteiger charge is -2.23. The van der Waals surface area contributed by atoms with Gasteiger partial charge in [0.05, 0.1) is 0 Å². The van der Waals surface area contributed by atoms with E-state index >= 15 is 0 Å². The third-order valence-electron chi connectivity index (χ3n) is 17.2. The van der Waals surface area contributed by atoms with Crippen molar-refractivity contribution >= 4 is 64.6 Å². The normalized spacial score (nSPS) is 13.6. The second kappa shape index (κ2) is 15.3. The molecule has 2 aliphatic carbocycles. The first-order valence-electron chi connectivity index (χ1n) is 27.2. The summed E-state index contributed by atoms with van der Waals surface area (Å²) in [4.78, 5) is 0. The molecule has 74 heavy (non-hydrogen) atoms. The maximum Gasteiger partial charge on any atom is -0.00136 e. The minimum Gasteiger partial charge on any atom is -0.0616 e. The van der Waals surface area contributed by atoms with Gasteiger partial charge in [0.15, 0.2) is 0 Å². The fourth-order valence-corrected chi connectivity index (χ4v) is 12.8. The summed E-state index contributed by atoms with van der Waals surface area (Å²) in [6.07, 6.45) is 0. The predicted octanol–water partition coefficient (Wildman–Crippen LogP) is 21.7. The van der Waals surface area contributed by atoms with Crippen LogP contribution in [-0.4, -0.2) is 0 Å². The van der Waals surface area contributed by atoms with Crippen LogP contribution in [0.4, 0.5) is 0 Å². The van der Waals surface area contributed by atoms with E-state index in [1.54, 1.807) is 0 Å². The lowest BCUT2D eigenvalue weighted by Crippen LogP contribution is -2.12. The van der Waals surface area contributed by atoms with Crippen molar-refractivity contribution in [3.63, 3.8) is 0 Å². The molecule has 0 fully saturated rings. The van der Waals surface area contributed by atoms with Crippen LogP contribution in [0.3, 0.4) is 0 Å². The average Bonchev–Trinajstić information content (AvgIpc) is 3.85. The zero-order chi connectivity index (χ0) is 51.9. The van der Waals surface area contributed by atoms with Gasteiger partial charge in [-0.25, -0.2) is 0 Å². The average molecular weight is 959 g/mol. The molecule has 2 aliphatic rings. The van der Waals surface area contributed by atoms with E-state index in [0.29, 0.717) is 0 Å². The molecule has 0 amide bonds. The van der Waals surface area contributed by atoms with Gasteiger partial charge in [-0.2, -0.15) is 0 Å². The van der Waals surface area contributed by atoms with Crippen molar-refractivity contribution in [2.75, 3.05) is 0 Å². The number of hydrogen-bond acceptors (Lipinski definition) is 0. The van der Waals surface area contributed by atoms with Crippen molar-refractivity contribution in [3.8, 4) is 66.8 Å². The summed E-state index contributed by atoms with van der Waals surface area (Å²) in [5, 5.41) is 15.9. The SMILES string of the molecule is CC(C)(C)c1ccc(-c2cc3c4cc5c(c(-c6ccc(C(C)(C)C)cc6)c4ccc3c3cc4c(cc23)-c2cc3ccccc3c3cc(C(C)(C)C)cc-4c23)-c2cc(C(C)(C)C)cc3cc(C(C)(C)C)cc-5c23)cc1. The van der Waals surface area contributed by atoms with Crippen molar-refractivity contribution in [3.05, 3.63) is 179 Å². The maximum atomic E-state index is 2.60. The molecule has 0 aromatic heterocycles. The number of rotatable bonds is 2. The Labute approximate surface area is 439 Å². The van der Waals surface area contributed by atoms with Crippen molar-refractivity contribution in [1.82, 2.24) is 0 Å². The van der Waals surface area contributed by atoms with Crippen LogP contribution in [0.2, 0.25) is 0 Å². The molecule has 11 aromatic rings. The van der Waals surface area contributed by atoms with Gasteiger partial charge < -0.3 is 0 Å². The van der Waals surface area contributed by atoms with Crippen molar-refractivity contribution in [1.29, 1.82) is 0 Å². The molecule has 0 spiro atoms. The minimum absolute atomic E-state index is 0.0175. The van der Waals surface area contributed by atoms with Crippen molar-refractivity contribution in [2.24, 2.45) is 0 Å². The summed E-state index contributed by atoms with van der Waals surface area (Å²) in [7, 11) is 0. The van der Waals surface area contributed by atoms with Crippen LogP contribution in [0.25, 0.3) is 131 Å². The van der Waals surface area contributed by atoms with E-state index in [1.165, 1.54) is 159 Å². The van der Waals surface area contributed by atoms with Crippen LogP contribution in [0, 0.1) is 0 Å². The Morgan fingerprint density at radius 3 is 1.26 bits per heavy atom. The van der Waals surface area contributed by atoms with Gasteiger partial charge in [0.2, 0.25) is 0 Å². The third kappa shape index (κ3) is 7.00. The Balaban J connectivity index is 1.19. The zero-order valence-corrected chi connectivity index (χ0v) is 46.4. The van der Waals surface area contributed by atoms with Gasteiger partial charge in [0, 0.05) is 0 Å². The second-order valence-electron chi connectivity index (χ2n) is 27.4. The van der Waals surface area contributed by atoms with Gasteiger partial charge in [0.25, 0.3) is 0 Å². The molecule has 0 bridgehead atoms. The molecular formula is C74H70. The quantitative estimate of drug-likeness (QED) is 0.152. The smallest absolute Gasteiger partial charge is 0.00136 e. The first kappa shape index (κ1) is 46.7. The van der Waals surface area contributed by atoms with Crippen LogP contribution >= 0.6 is 0 Å². The lowest BCUT2D eigenvalue weighted by atomic mass is 9.81. The van der Waals surface area contributed by atoms with Crippen LogP contribution in [0.15, 0.2) is 152 Å². The highest BCUT2D eigenvalue weighted by Gasteiger charge is 2.33. The summed E-state index contributed by atoms with van der Waals surface area (Å²) >= 11 is 0. The van der Waals surface area contributed by atoms with Crippen molar-refractivity contribution in [2.45, 2.75) is 131 Å². The summed E-state index contributed by atoms with van der Waals surface area (Å²) in [5.41, 5.74) is 22.7. The summed E-state index contributed by atoms with van der Waals surface area (Å²) < 4.78 is 0. The molecule has 366 valence electrons. The van der Waals surface area contributed by atoms with Crippen molar-refractivity contribution < 1.29 is 0 Å². The monoisotopic (exact) mass is 959 g/mol. The summed E-state index contributed by atoms with van der Waals surface area (Å²) in [6, 6.07) is 60.8. The molecule has 0 heteroatoms. The molecule has 0 radical (unpaired) electrons. The lowest BCUT2D eigenvalue weighted by molar-refractivity contribution is 0.589. The summed E-state index contributed by atoms with van der Waals surface area (Å²) in [5.74, 6) is 0. The molecular weight excluding hydrogens is 889 g/mol. The molecule has 0 saturated heterocycles. The Hall–Kier alpha value is -7.02. The molecule has 0 atom stereocenters. The van der Waals surface area contributed by atoms with Gasteiger partial charge in [-0.15, -0.1) is 0 Å². The van der Waals surface area contributed by atoms with Gasteiger partial charge in [-0.1, -0.05) is 201 Å². The van der Waals surface area contributed by atoms with E-state index < -0.39 is 0 Å². The van der Waals surface area contributed by atoms with E-state index in [2.05, 4.69) is 256 Å². The fraction of sp³-hybridized carbons (Fsp3) is 0.270. The van der Waals surface area contributed by atoms with E-state index in [9.17, 15) is 0 Å². The highest BCUT2D eigenvalue weighted by Crippen LogP contribution is 2.58. The minimum atomic E-state index is -0.0263. The Morgan fingerprint density at radius 1 is 0.216 bits per heavy atom. The van der Waals surface area contributed by atoms with Gasteiger partial charge in [-0.05, 0) is 241 Å². The van der Waals surface area contributed by atoms with Crippen LogP contribution in [0.5, 0.6) is 0 Å². The predicted molar refractivity (Wildman–Crippen MR) is 325 cm³/mol. The van der Waals surface area contributed by atoms with Gasteiger partial charge in [-0.3, -0.25) is 0 Å². The Bertz CT molecular complexity index is 4240. The first-order valence-corrected chi connectivity index (χ1v) is 27.2. The Morgan fingerprint density at radius 2 is 0.662 bits per heavy atom. The van der Waals surface area contributed by atoms with E-state index in [-0.39, 0.29) is 27.1 Å². The molecule has 0 saturated carbocycles. The topological polar surface area (TPSA) is 0 Å². The fourth-order valence-electron chi connectivity index (χ4n) is 12.8. The molecule has 0 heterocycles. The zero-order valence-electron chi connectivity index (χ0n) is 46.4. The number of hydrogen-bond donors (Lipinski definition) is 0.